The number of rotatable bonds is 10. The summed E-state index contributed by atoms with van der Waals surface area (Å²) in [5, 5.41) is 11.1. The summed E-state index contributed by atoms with van der Waals surface area (Å²) < 4.78 is 37.1. The number of aliphatic hydroxyl groups excluding tert-OH is 1. The van der Waals surface area contributed by atoms with E-state index in [0.29, 0.717) is 17.7 Å². The lowest BCUT2D eigenvalue weighted by atomic mass is 10.0. The van der Waals surface area contributed by atoms with Crippen molar-refractivity contribution in [2.45, 2.75) is 66.0 Å². The van der Waals surface area contributed by atoms with Crippen molar-refractivity contribution in [1.29, 1.82) is 0 Å². The van der Waals surface area contributed by atoms with Crippen LogP contribution in [0.2, 0.25) is 0 Å². The number of hydrogen-bond donors (Lipinski definition) is 2. The molecule has 0 aliphatic carbocycles. The van der Waals surface area contributed by atoms with Gasteiger partial charge in [-0.2, -0.15) is 13.2 Å². The lowest BCUT2D eigenvalue weighted by molar-refractivity contribution is -0.127. The summed E-state index contributed by atoms with van der Waals surface area (Å²) >= 11 is 0. The maximum absolute atomic E-state index is 12.4. The molecular formula is C22H37F3N2O. The molecule has 0 aliphatic heterocycles. The van der Waals surface area contributed by atoms with Gasteiger partial charge >= 0.3 is 6.18 Å². The van der Waals surface area contributed by atoms with Crippen molar-refractivity contribution in [2.75, 3.05) is 25.5 Å². The van der Waals surface area contributed by atoms with E-state index in [9.17, 15) is 13.2 Å². The molecule has 2 N–H and O–H groups in total. The molecule has 6 heteroatoms. The summed E-state index contributed by atoms with van der Waals surface area (Å²) in [7, 11) is 2.21. The summed E-state index contributed by atoms with van der Waals surface area (Å²) in [5.74, 6) is 0.898. The van der Waals surface area contributed by atoms with Gasteiger partial charge in [-0.3, -0.25) is 0 Å². The largest absolute Gasteiger partial charge is 0.514 e. The van der Waals surface area contributed by atoms with Crippen molar-refractivity contribution in [3.05, 3.63) is 41.8 Å². The van der Waals surface area contributed by atoms with Gasteiger partial charge in [0.25, 0.3) is 0 Å². The van der Waals surface area contributed by atoms with E-state index in [-0.39, 0.29) is 5.56 Å². The molecule has 0 amide bonds. The molecule has 0 aromatic heterocycles. The van der Waals surface area contributed by atoms with E-state index in [1.54, 1.807) is 12.1 Å². The number of aryl methyl sites for hydroxylation is 1. The fraction of sp³-hybridized carbons (Fsp3) is 0.636. The molecule has 3 nitrogen and oxygen atoms in total. The zero-order chi connectivity index (χ0) is 21.6. The van der Waals surface area contributed by atoms with E-state index in [0.717, 1.165) is 12.2 Å². The number of aliphatic hydroxyl groups is 1. The van der Waals surface area contributed by atoms with Crippen LogP contribution in [-0.2, 0) is 12.8 Å². The Morgan fingerprint density at radius 2 is 1.82 bits per heavy atom. The van der Waals surface area contributed by atoms with Crippen LogP contribution in [0.3, 0.4) is 0 Å². The smallest absolute Gasteiger partial charge is 0.393 e. The molecule has 0 saturated carbocycles. The number of alkyl halides is 3. The summed E-state index contributed by atoms with van der Waals surface area (Å²) in [5.41, 5.74) is 1.46. The SMILES string of the molecule is CCCN(C)CCC(C)CC.CCc1ccc(N/C=C\O)cc1CC(F)(F)F. The first-order valence-electron chi connectivity index (χ1n) is 10.1. The maximum atomic E-state index is 12.4. The van der Waals surface area contributed by atoms with E-state index in [1.165, 1.54) is 44.6 Å². The van der Waals surface area contributed by atoms with Crippen molar-refractivity contribution < 1.29 is 18.3 Å². The second kappa shape index (κ2) is 14.3. The van der Waals surface area contributed by atoms with E-state index < -0.39 is 12.6 Å². The van der Waals surface area contributed by atoms with Gasteiger partial charge in [0.15, 0.2) is 0 Å². The van der Waals surface area contributed by atoms with Crippen molar-refractivity contribution in [2.24, 2.45) is 5.92 Å². The fourth-order valence-electron chi connectivity index (χ4n) is 2.71. The van der Waals surface area contributed by atoms with Gasteiger partial charge < -0.3 is 15.3 Å². The first kappa shape index (κ1) is 26.3. The molecule has 0 heterocycles. The molecule has 0 bridgehead atoms. The third kappa shape index (κ3) is 12.7. The Morgan fingerprint density at radius 1 is 1.14 bits per heavy atom. The van der Waals surface area contributed by atoms with Gasteiger partial charge in [0.05, 0.1) is 12.7 Å². The first-order valence-corrected chi connectivity index (χ1v) is 10.1. The van der Waals surface area contributed by atoms with Crippen LogP contribution < -0.4 is 5.32 Å². The average Bonchev–Trinajstić information content (AvgIpc) is 2.64. The molecule has 0 saturated heterocycles. The number of nitrogens with one attached hydrogen (secondary N) is 1. The van der Waals surface area contributed by atoms with Crippen LogP contribution >= 0.6 is 0 Å². The number of halogens is 3. The van der Waals surface area contributed by atoms with Gasteiger partial charge in [0.1, 0.15) is 0 Å². The van der Waals surface area contributed by atoms with Crippen LogP contribution in [0.25, 0.3) is 0 Å². The summed E-state index contributed by atoms with van der Waals surface area (Å²) in [6.45, 7) is 11.2. The van der Waals surface area contributed by atoms with Crippen LogP contribution in [0, 0.1) is 5.92 Å². The lowest BCUT2D eigenvalue weighted by Gasteiger charge is -2.17. The van der Waals surface area contributed by atoms with Gasteiger partial charge in [-0.15, -0.1) is 0 Å². The number of benzene rings is 1. The molecule has 0 fully saturated rings. The predicted octanol–water partition coefficient (Wildman–Crippen LogP) is 6.56. The van der Waals surface area contributed by atoms with Crippen molar-refractivity contribution in [3.8, 4) is 0 Å². The normalized spacial score (nSPS) is 12.8. The zero-order valence-corrected chi connectivity index (χ0v) is 17.9. The Hall–Kier alpha value is -1.69. The molecule has 162 valence electrons. The van der Waals surface area contributed by atoms with E-state index in [2.05, 4.69) is 38.0 Å². The molecule has 1 aromatic rings. The summed E-state index contributed by atoms with van der Waals surface area (Å²) in [6.07, 6.45) is 1.39. The fourth-order valence-corrected chi connectivity index (χ4v) is 2.71. The van der Waals surface area contributed by atoms with E-state index in [1.807, 2.05) is 6.92 Å². The average molecular weight is 403 g/mol. The van der Waals surface area contributed by atoms with Gasteiger partial charge in [-0.25, -0.2) is 0 Å². The zero-order valence-electron chi connectivity index (χ0n) is 17.9. The highest BCUT2D eigenvalue weighted by Gasteiger charge is 2.28. The molecule has 0 aliphatic rings. The monoisotopic (exact) mass is 402 g/mol. The second-order valence-electron chi connectivity index (χ2n) is 7.19. The van der Waals surface area contributed by atoms with E-state index in [4.69, 9.17) is 5.11 Å². The molecule has 1 rings (SSSR count). The molecule has 1 atom stereocenters. The van der Waals surface area contributed by atoms with Crippen LogP contribution in [-0.4, -0.2) is 36.3 Å². The van der Waals surface area contributed by atoms with Crippen molar-refractivity contribution in [1.82, 2.24) is 4.90 Å². The Balaban J connectivity index is 0.000000576. The Labute approximate surface area is 168 Å². The maximum Gasteiger partial charge on any atom is 0.393 e. The van der Waals surface area contributed by atoms with Crippen molar-refractivity contribution >= 4 is 5.69 Å². The highest BCUT2D eigenvalue weighted by atomic mass is 19.4. The minimum Gasteiger partial charge on any atom is -0.514 e. The minimum atomic E-state index is -4.21. The van der Waals surface area contributed by atoms with Crippen LogP contribution in [0.5, 0.6) is 0 Å². The predicted molar refractivity (Wildman–Crippen MR) is 113 cm³/mol. The summed E-state index contributed by atoms with van der Waals surface area (Å²) in [6, 6.07) is 4.79. The van der Waals surface area contributed by atoms with Crippen LogP contribution in [0.4, 0.5) is 18.9 Å². The highest BCUT2D eigenvalue weighted by molar-refractivity contribution is 5.50. The highest BCUT2D eigenvalue weighted by Crippen LogP contribution is 2.26. The van der Waals surface area contributed by atoms with E-state index >= 15 is 0 Å². The van der Waals surface area contributed by atoms with Gasteiger partial charge in [-0.1, -0.05) is 40.2 Å². The topological polar surface area (TPSA) is 35.5 Å². The molecule has 28 heavy (non-hydrogen) atoms. The van der Waals surface area contributed by atoms with Gasteiger partial charge in [0.2, 0.25) is 0 Å². The molecular weight excluding hydrogens is 365 g/mol. The standard InChI is InChI=1S/C12H14F3NO.C10H23N/c1-2-9-3-4-11(16-5-6-17)7-10(9)8-12(13,14)15;1-5-8-11(4)9-7-10(3)6-2/h3-7,16-17H,2,8H2,1H3;10H,5-9H2,1-4H3/b6-5-;. The molecule has 1 aromatic carbocycles. The lowest BCUT2D eigenvalue weighted by Crippen LogP contribution is -2.21. The Kier molecular flexibility index (Phi) is 13.5. The first-order chi connectivity index (χ1) is 13.2. The van der Waals surface area contributed by atoms with Crippen LogP contribution in [0.15, 0.2) is 30.7 Å². The third-order valence-corrected chi connectivity index (χ3v) is 4.61. The quantitative estimate of drug-likeness (QED) is 0.435. The third-order valence-electron chi connectivity index (χ3n) is 4.61. The Morgan fingerprint density at radius 3 is 2.32 bits per heavy atom. The van der Waals surface area contributed by atoms with Crippen LogP contribution in [0.1, 0.15) is 58.1 Å². The minimum absolute atomic E-state index is 0.260. The Bertz CT molecular complexity index is 559. The number of nitrogens with zero attached hydrogens (tertiary/aromatic N) is 1. The number of hydrogen-bond acceptors (Lipinski definition) is 3. The summed E-state index contributed by atoms with van der Waals surface area (Å²) in [4.78, 5) is 2.42. The molecule has 0 radical (unpaired) electrons. The van der Waals surface area contributed by atoms with Crippen molar-refractivity contribution in [3.63, 3.8) is 0 Å². The number of anilines is 1. The second-order valence-corrected chi connectivity index (χ2v) is 7.19. The molecule has 0 spiro atoms. The van der Waals surface area contributed by atoms with Gasteiger partial charge in [0, 0.05) is 11.9 Å². The molecule has 1 unspecified atom stereocenters. The van der Waals surface area contributed by atoms with Gasteiger partial charge in [-0.05, 0) is 68.6 Å².